The van der Waals surface area contributed by atoms with Crippen molar-refractivity contribution in [2.24, 2.45) is 0 Å². The second-order valence-electron chi connectivity index (χ2n) is 9.83. The highest BCUT2D eigenvalue weighted by Crippen LogP contribution is 2.31. The van der Waals surface area contributed by atoms with Crippen molar-refractivity contribution < 1.29 is 23.0 Å². The number of pyridine rings is 3. The van der Waals surface area contributed by atoms with Crippen molar-refractivity contribution in [3.8, 4) is 22.9 Å². The Morgan fingerprint density at radius 2 is 1.68 bits per heavy atom. The van der Waals surface area contributed by atoms with Gasteiger partial charge in [0.1, 0.15) is 29.3 Å². The van der Waals surface area contributed by atoms with E-state index in [-0.39, 0.29) is 22.7 Å². The zero-order valence-electron chi connectivity index (χ0n) is 23.3. The summed E-state index contributed by atoms with van der Waals surface area (Å²) in [6.07, 6.45) is 3.07. The number of nitrogens with zero attached hydrogens (tertiary/aromatic N) is 3. The van der Waals surface area contributed by atoms with E-state index in [1.807, 2.05) is 30.3 Å². The van der Waals surface area contributed by atoms with E-state index in [0.717, 1.165) is 11.6 Å². The molecule has 0 radical (unpaired) electrons. The second kappa shape index (κ2) is 12.1. The van der Waals surface area contributed by atoms with Crippen LogP contribution in [0.1, 0.15) is 21.6 Å². The summed E-state index contributed by atoms with van der Waals surface area (Å²) >= 11 is 0. The third kappa shape index (κ3) is 6.00. The standard InChI is InChI=1S/C34H24F2N4O4/c1-21-7-13-27(34(42)40(21)25-11-8-23(35)9-12-25)33(41)39-24-10-14-30(28(36)17-24)44-31-15-16-37-29-18-26(19-38-32(29)31)43-20-22-5-3-2-4-6-22/h2-19H,20H2,1H3,(H,39,41). The molecule has 6 aromatic rings. The molecule has 0 spiro atoms. The largest absolute Gasteiger partial charge is 0.487 e. The summed E-state index contributed by atoms with van der Waals surface area (Å²) in [5.74, 6) is -1.22. The SMILES string of the molecule is Cc1ccc(C(=O)Nc2ccc(Oc3ccnc4cc(OCc5ccccc5)cnc34)c(F)c2)c(=O)n1-c1ccc(F)cc1. The van der Waals surface area contributed by atoms with E-state index in [2.05, 4.69) is 15.3 Å². The van der Waals surface area contributed by atoms with Crippen molar-refractivity contribution in [3.05, 3.63) is 148 Å². The molecule has 1 N–H and O–H groups in total. The van der Waals surface area contributed by atoms with Gasteiger partial charge in [-0.2, -0.15) is 0 Å². The molecule has 10 heteroatoms. The lowest BCUT2D eigenvalue weighted by molar-refractivity contribution is 0.102. The Morgan fingerprint density at radius 3 is 2.45 bits per heavy atom. The van der Waals surface area contributed by atoms with E-state index in [1.54, 1.807) is 31.3 Å². The van der Waals surface area contributed by atoms with Crippen molar-refractivity contribution >= 4 is 22.6 Å². The lowest BCUT2D eigenvalue weighted by Crippen LogP contribution is -2.29. The van der Waals surface area contributed by atoms with Crippen LogP contribution in [0.5, 0.6) is 17.2 Å². The molecule has 44 heavy (non-hydrogen) atoms. The minimum Gasteiger partial charge on any atom is -0.487 e. The number of ether oxygens (including phenoxy) is 2. The van der Waals surface area contributed by atoms with Crippen molar-refractivity contribution in [2.75, 3.05) is 5.32 Å². The van der Waals surface area contributed by atoms with Crippen LogP contribution in [0.2, 0.25) is 0 Å². The van der Waals surface area contributed by atoms with E-state index in [1.165, 1.54) is 53.2 Å². The molecular formula is C34H24F2N4O4. The number of anilines is 1. The number of aryl methyl sites for hydroxylation is 1. The van der Waals surface area contributed by atoms with Crippen LogP contribution in [0.4, 0.5) is 14.5 Å². The number of hydrogen-bond acceptors (Lipinski definition) is 6. The molecule has 0 aliphatic carbocycles. The summed E-state index contributed by atoms with van der Waals surface area (Å²) in [4.78, 5) is 34.9. The van der Waals surface area contributed by atoms with Gasteiger partial charge in [0.2, 0.25) is 0 Å². The summed E-state index contributed by atoms with van der Waals surface area (Å²) in [6.45, 7) is 2.06. The molecule has 3 aromatic heterocycles. The van der Waals surface area contributed by atoms with Crippen LogP contribution < -0.4 is 20.3 Å². The van der Waals surface area contributed by atoms with E-state index >= 15 is 4.39 Å². The monoisotopic (exact) mass is 590 g/mol. The van der Waals surface area contributed by atoms with Gasteiger partial charge in [-0.1, -0.05) is 30.3 Å². The number of fused-ring (bicyclic) bond motifs is 1. The summed E-state index contributed by atoms with van der Waals surface area (Å²) in [6, 6.07) is 25.2. The van der Waals surface area contributed by atoms with Gasteiger partial charge in [-0.25, -0.2) is 13.8 Å². The van der Waals surface area contributed by atoms with Gasteiger partial charge in [0.25, 0.3) is 11.5 Å². The zero-order valence-corrected chi connectivity index (χ0v) is 23.3. The number of halogens is 2. The second-order valence-corrected chi connectivity index (χ2v) is 9.83. The van der Waals surface area contributed by atoms with Crippen molar-refractivity contribution in [1.82, 2.24) is 14.5 Å². The molecule has 0 aliphatic rings. The quantitative estimate of drug-likeness (QED) is 0.205. The number of nitrogens with one attached hydrogen (secondary N) is 1. The number of carbonyl (C=O) groups excluding carboxylic acids is 1. The van der Waals surface area contributed by atoms with Crippen molar-refractivity contribution in [1.29, 1.82) is 0 Å². The van der Waals surface area contributed by atoms with Crippen LogP contribution in [0.25, 0.3) is 16.7 Å². The molecule has 3 heterocycles. The fourth-order valence-corrected chi connectivity index (χ4v) is 4.58. The Labute approximate surface area is 250 Å². The van der Waals surface area contributed by atoms with Crippen LogP contribution in [0.15, 0.2) is 114 Å². The molecule has 8 nitrogen and oxygen atoms in total. The molecule has 0 fully saturated rings. The van der Waals surface area contributed by atoms with Gasteiger partial charge in [-0.15, -0.1) is 0 Å². The normalized spacial score (nSPS) is 10.9. The molecule has 6 rings (SSSR count). The fourth-order valence-electron chi connectivity index (χ4n) is 4.58. The molecule has 0 unspecified atom stereocenters. The van der Waals surface area contributed by atoms with Gasteiger partial charge in [-0.05, 0) is 61.0 Å². The van der Waals surface area contributed by atoms with E-state index in [0.29, 0.717) is 34.8 Å². The van der Waals surface area contributed by atoms with Gasteiger partial charge < -0.3 is 14.8 Å². The third-order valence-electron chi connectivity index (χ3n) is 6.78. The number of hydrogen-bond donors (Lipinski definition) is 1. The summed E-state index contributed by atoms with van der Waals surface area (Å²) < 4.78 is 41.5. The van der Waals surface area contributed by atoms with Gasteiger partial charge >= 0.3 is 0 Å². The molecule has 0 saturated heterocycles. The number of carbonyl (C=O) groups is 1. The third-order valence-corrected chi connectivity index (χ3v) is 6.78. The van der Waals surface area contributed by atoms with Crippen LogP contribution in [-0.4, -0.2) is 20.4 Å². The predicted octanol–water partition coefficient (Wildman–Crippen LogP) is 6.99. The highest BCUT2D eigenvalue weighted by Gasteiger charge is 2.17. The number of benzene rings is 3. The zero-order chi connectivity index (χ0) is 30.6. The lowest BCUT2D eigenvalue weighted by atomic mass is 10.2. The molecule has 218 valence electrons. The van der Waals surface area contributed by atoms with Crippen LogP contribution in [0.3, 0.4) is 0 Å². The number of aromatic nitrogens is 3. The smallest absolute Gasteiger partial charge is 0.268 e. The van der Waals surface area contributed by atoms with Crippen molar-refractivity contribution in [3.63, 3.8) is 0 Å². The summed E-state index contributed by atoms with van der Waals surface area (Å²) in [7, 11) is 0. The Bertz CT molecular complexity index is 2050. The fraction of sp³-hybridized carbons (Fsp3) is 0.0588. The highest BCUT2D eigenvalue weighted by molar-refractivity contribution is 6.04. The van der Waals surface area contributed by atoms with E-state index < -0.39 is 23.1 Å². The number of rotatable bonds is 8. The topological polar surface area (TPSA) is 95.3 Å². The molecule has 3 aromatic carbocycles. The van der Waals surface area contributed by atoms with Gasteiger partial charge in [0.15, 0.2) is 17.3 Å². The maximum atomic E-state index is 15.1. The highest BCUT2D eigenvalue weighted by atomic mass is 19.1. The van der Waals surface area contributed by atoms with Crippen LogP contribution >= 0.6 is 0 Å². The first-order chi connectivity index (χ1) is 21.4. The first kappa shape index (κ1) is 28.2. The van der Waals surface area contributed by atoms with Gasteiger partial charge in [-0.3, -0.25) is 19.1 Å². The van der Waals surface area contributed by atoms with E-state index in [9.17, 15) is 14.0 Å². The predicted molar refractivity (Wildman–Crippen MR) is 161 cm³/mol. The molecule has 0 atom stereocenters. The molecule has 0 bridgehead atoms. The Kier molecular flexibility index (Phi) is 7.79. The Morgan fingerprint density at radius 1 is 0.886 bits per heavy atom. The van der Waals surface area contributed by atoms with Gasteiger partial charge in [0.05, 0.1) is 11.7 Å². The Hall–Kier alpha value is -5.90. The molecule has 0 saturated carbocycles. The first-order valence-electron chi connectivity index (χ1n) is 13.5. The molecule has 0 aliphatic heterocycles. The average Bonchev–Trinajstić information content (AvgIpc) is 3.02. The minimum atomic E-state index is -0.747. The van der Waals surface area contributed by atoms with E-state index in [4.69, 9.17) is 9.47 Å². The van der Waals surface area contributed by atoms with Crippen LogP contribution in [0, 0.1) is 18.6 Å². The summed E-state index contributed by atoms with van der Waals surface area (Å²) in [5.41, 5.74) is 2.24. The Balaban J connectivity index is 1.18. The average molecular weight is 591 g/mol. The minimum absolute atomic E-state index is 0.101. The molecular weight excluding hydrogens is 566 g/mol. The maximum Gasteiger partial charge on any atom is 0.268 e. The first-order valence-corrected chi connectivity index (χ1v) is 13.5. The number of amides is 1. The summed E-state index contributed by atoms with van der Waals surface area (Å²) in [5, 5.41) is 2.55. The molecule has 1 amide bonds. The van der Waals surface area contributed by atoms with Crippen LogP contribution in [-0.2, 0) is 6.61 Å². The lowest BCUT2D eigenvalue weighted by Gasteiger charge is -2.13. The van der Waals surface area contributed by atoms with Crippen molar-refractivity contribution in [2.45, 2.75) is 13.5 Å². The van der Waals surface area contributed by atoms with Gasteiger partial charge in [0, 0.05) is 41.5 Å². The maximum absolute atomic E-state index is 15.1.